The molecule has 0 heterocycles. The normalized spacial score (nSPS) is 33.7. The topological polar surface area (TPSA) is 12.0 Å². The van der Waals surface area contributed by atoms with Gasteiger partial charge in [0.15, 0.2) is 0 Å². The van der Waals surface area contributed by atoms with E-state index in [0.717, 1.165) is 0 Å². The molecule has 0 aromatic carbocycles. The van der Waals surface area contributed by atoms with Gasteiger partial charge < -0.3 is 5.32 Å². The van der Waals surface area contributed by atoms with Gasteiger partial charge in [-0.05, 0) is 25.3 Å². The number of alkyl halides is 3. The van der Waals surface area contributed by atoms with Gasteiger partial charge in [0.2, 0.25) is 0 Å². The maximum atomic E-state index is 12.8. The second-order valence-corrected chi connectivity index (χ2v) is 4.39. The zero-order valence-electron chi connectivity index (χ0n) is 8.26. The predicted molar refractivity (Wildman–Crippen MR) is 45.5 cm³/mol. The van der Waals surface area contributed by atoms with E-state index in [1.54, 1.807) is 13.8 Å². The molecule has 1 N–H and O–H groups in total. The number of halogens is 3. The lowest BCUT2D eigenvalue weighted by atomic mass is 9.74. The van der Waals surface area contributed by atoms with Gasteiger partial charge in [0, 0.05) is 0 Å². The lowest BCUT2D eigenvalue weighted by Gasteiger charge is -2.42. The third kappa shape index (κ3) is 1.35. The second-order valence-electron chi connectivity index (χ2n) is 4.39. The first-order valence-corrected chi connectivity index (χ1v) is 4.52. The lowest BCUT2D eigenvalue weighted by molar-refractivity contribution is -0.218. The van der Waals surface area contributed by atoms with E-state index in [1.807, 2.05) is 0 Å². The van der Waals surface area contributed by atoms with Gasteiger partial charge in [-0.25, -0.2) is 0 Å². The van der Waals surface area contributed by atoms with Crippen LogP contribution in [0.5, 0.6) is 0 Å². The molecule has 4 heteroatoms. The average Bonchev–Trinajstić information content (AvgIpc) is 2.24. The highest BCUT2D eigenvalue weighted by atomic mass is 19.4. The summed E-state index contributed by atoms with van der Waals surface area (Å²) in [5.41, 5.74) is -2.37. The van der Waals surface area contributed by atoms with Gasteiger partial charge in [0.25, 0.3) is 0 Å². The van der Waals surface area contributed by atoms with Crippen molar-refractivity contribution in [2.24, 2.45) is 5.41 Å². The van der Waals surface area contributed by atoms with Crippen molar-refractivity contribution in [1.29, 1.82) is 0 Å². The van der Waals surface area contributed by atoms with Crippen LogP contribution in [0.2, 0.25) is 0 Å². The number of hydrogen-bond donors (Lipinski definition) is 1. The molecule has 0 bridgehead atoms. The molecule has 0 aromatic heterocycles. The van der Waals surface area contributed by atoms with Gasteiger partial charge in [0.05, 0.1) is 0 Å². The van der Waals surface area contributed by atoms with E-state index in [0.29, 0.717) is 12.8 Å². The smallest absolute Gasteiger partial charge is 0.306 e. The first-order chi connectivity index (χ1) is 5.77. The quantitative estimate of drug-likeness (QED) is 0.678. The van der Waals surface area contributed by atoms with Crippen LogP contribution in [0, 0.1) is 5.41 Å². The predicted octanol–water partition coefficient (Wildman–Crippen LogP) is 2.72. The molecule has 1 atom stereocenters. The molecular weight excluding hydrogens is 179 g/mol. The van der Waals surface area contributed by atoms with Crippen molar-refractivity contribution in [2.75, 3.05) is 7.05 Å². The van der Waals surface area contributed by atoms with E-state index in [4.69, 9.17) is 0 Å². The molecule has 0 saturated heterocycles. The average molecular weight is 195 g/mol. The van der Waals surface area contributed by atoms with Crippen molar-refractivity contribution in [1.82, 2.24) is 5.32 Å². The Morgan fingerprint density at radius 1 is 1.15 bits per heavy atom. The van der Waals surface area contributed by atoms with E-state index in [-0.39, 0.29) is 6.42 Å². The van der Waals surface area contributed by atoms with Crippen molar-refractivity contribution in [2.45, 2.75) is 44.8 Å². The maximum Gasteiger partial charge on any atom is 0.407 e. The minimum atomic E-state index is -4.15. The van der Waals surface area contributed by atoms with Gasteiger partial charge in [-0.1, -0.05) is 20.3 Å². The lowest BCUT2D eigenvalue weighted by Crippen LogP contribution is -2.61. The van der Waals surface area contributed by atoms with Crippen LogP contribution in [0.25, 0.3) is 0 Å². The fourth-order valence-corrected chi connectivity index (χ4v) is 2.48. The standard InChI is InChI=1S/C9H16F3N/c1-7(2)5-4-6-8(7,13-3)9(10,11)12/h13H,4-6H2,1-3H3. The molecule has 0 spiro atoms. The molecule has 1 fully saturated rings. The molecule has 1 rings (SSSR count). The van der Waals surface area contributed by atoms with E-state index in [9.17, 15) is 13.2 Å². The molecule has 0 radical (unpaired) electrons. The van der Waals surface area contributed by atoms with Crippen molar-refractivity contribution in [3.8, 4) is 0 Å². The Bertz CT molecular complexity index is 198. The zero-order valence-corrected chi connectivity index (χ0v) is 8.26. The minimum Gasteiger partial charge on any atom is -0.306 e. The van der Waals surface area contributed by atoms with Crippen LogP contribution >= 0.6 is 0 Å². The summed E-state index contributed by atoms with van der Waals surface area (Å²) in [6.45, 7) is 3.37. The van der Waals surface area contributed by atoms with E-state index < -0.39 is 17.1 Å². The summed E-state index contributed by atoms with van der Waals surface area (Å²) in [7, 11) is 1.40. The molecule has 78 valence electrons. The summed E-state index contributed by atoms with van der Waals surface area (Å²) in [6, 6.07) is 0. The molecule has 0 aromatic rings. The highest BCUT2D eigenvalue weighted by Gasteiger charge is 2.63. The molecule has 0 aliphatic heterocycles. The Labute approximate surface area is 76.7 Å². The largest absolute Gasteiger partial charge is 0.407 e. The van der Waals surface area contributed by atoms with Gasteiger partial charge in [-0.3, -0.25) is 0 Å². The van der Waals surface area contributed by atoms with Gasteiger partial charge in [-0.15, -0.1) is 0 Å². The van der Waals surface area contributed by atoms with E-state index in [1.165, 1.54) is 7.05 Å². The summed E-state index contributed by atoms with van der Waals surface area (Å²) < 4.78 is 38.5. The summed E-state index contributed by atoms with van der Waals surface area (Å²) in [6.07, 6.45) is -2.68. The summed E-state index contributed by atoms with van der Waals surface area (Å²) in [5.74, 6) is 0. The maximum absolute atomic E-state index is 12.8. The molecular formula is C9H16F3N. The molecule has 1 aliphatic rings. The molecule has 1 nitrogen and oxygen atoms in total. The van der Waals surface area contributed by atoms with Crippen molar-refractivity contribution in [3.63, 3.8) is 0 Å². The number of rotatable bonds is 1. The van der Waals surface area contributed by atoms with E-state index in [2.05, 4.69) is 5.32 Å². The fraction of sp³-hybridized carbons (Fsp3) is 1.00. The Morgan fingerprint density at radius 2 is 1.69 bits per heavy atom. The van der Waals surface area contributed by atoms with Crippen LogP contribution in [0.4, 0.5) is 13.2 Å². The Hall–Kier alpha value is -0.250. The van der Waals surface area contributed by atoms with Gasteiger partial charge in [0.1, 0.15) is 5.54 Å². The first kappa shape index (κ1) is 10.8. The molecule has 13 heavy (non-hydrogen) atoms. The van der Waals surface area contributed by atoms with Crippen LogP contribution in [0.1, 0.15) is 33.1 Å². The summed E-state index contributed by atoms with van der Waals surface area (Å²) >= 11 is 0. The van der Waals surface area contributed by atoms with Crippen LogP contribution in [0.15, 0.2) is 0 Å². The van der Waals surface area contributed by atoms with Crippen molar-refractivity contribution >= 4 is 0 Å². The monoisotopic (exact) mass is 195 g/mol. The van der Waals surface area contributed by atoms with Crippen LogP contribution < -0.4 is 5.32 Å². The molecule has 0 amide bonds. The van der Waals surface area contributed by atoms with E-state index >= 15 is 0 Å². The van der Waals surface area contributed by atoms with Crippen LogP contribution in [-0.2, 0) is 0 Å². The highest BCUT2D eigenvalue weighted by molar-refractivity contribution is 5.08. The molecule has 1 unspecified atom stereocenters. The molecule has 1 saturated carbocycles. The minimum absolute atomic E-state index is 0.194. The number of nitrogens with one attached hydrogen (secondary N) is 1. The summed E-state index contributed by atoms with van der Waals surface area (Å²) in [5, 5.41) is 2.48. The van der Waals surface area contributed by atoms with Crippen LogP contribution in [-0.4, -0.2) is 18.8 Å². The Balaban J connectivity index is 3.06. The third-order valence-electron chi connectivity index (χ3n) is 3.42. The first-order valence-electron chi connectivity index (χ1n) is 4.52. The third-order valence-corrected chi connectivity index (χ3v) is 3.42. The van der Waals surface area contributed by atoms with Crippen molar-refractivity contribution < 1.29 is 13.2 Å². The van der Waals surface area contributed by atoms with Crippen molar-refractivity contribution in [3.05, 3.63) is 0 Å². The van der Waals surface area contributed by atoms with Gasteiger partial charge in [-0.2, -0.15) is 13.2 Å². The van der Waals surface area contributed by atoms with Gasteiger partial charge >= 0.3 is 6.18 Å². The Morgan fingerprint density at radius 3 is 1.85 bits per heavy atom. The number of hydrogen-bond acceptors (Lipinski definition) is 1. The summed E-state index contributed by atoms with van der Waals surface area (Å²) in [4.78, 5) is 0. The highest BCUT2D eigenvalue weighted by Crippen LogP contribution is 2.53. The Kier molecular flexibility index (Phi) is 2.39. The zero-order chi connectivity index (χ0) is 10.3. The SMILES string of the molecule is CNC1(C(F)(F)F)CCCC1(C)C. The van der Waals surface area contributed by atoms with Crippen LogP contribution in [0.3, 0.4) is 0 Å². The second kappa shape index (κ2) is 2.87. The molecule has 1 aliphatic carbocycles. The fourth-order valence-electron chi connectivity index (χ4n) is 2.48.